The van der Waals surface area contributed by atoms with Gasteiger partial charge in [-0.3, -0.25) is 0 Å². The molecule has 0 aromatic carbocycles. The lowest BCUT2D eigenvalue weighted by atomic mass is 10.00. The van der Waals surface area contributed by atoms with Gasteiger partial charge in [0, 0.05) is 10.9 Å². The molecule has 4 aromatic heterocycles. The highest BCUT2D eigenvalue weighted by Gasteiger charge is 2.26. The van der Waals surface area contributed by atoms with E-state index in [9.17, 15) is 4.39 Å². The molecule has 4 rings (SSSR count). The molecule has 4 heterocycles. The Hall–Kier alpha value is -2.49. The highest BCUT2D eigenvalue weighted by molar-refractivity contribution is 7.09. The average molecular weight is 435 g/mol. The maximum absolute atomic E-state index is 13.8. The van der Waals surface area contributed by atoms with E-state index >= 15 is 0 Å². The summed E-state index contributed by atoms with van der Waals surface area (Å²) in [6.45, 7) is 3.97. The minimum Gasteiger partial charge on any atom is -0.443 e. The van der Waals surface area contributed by atoms with Crippen LogP contribution in [0.3, 0.4) is 0 Å². The summed E-state index contributed by atoms with van der Waals surface area (Å²) >= 11 is 7.86. The predicted octanol–water partition coefficient (Wildman–Crippen LogP) is 4.25. The van der Waals surface area contributed by atoms with Gasteiger partial charge < -0.3 is 15.5 Å². The second-order valence-electron chi connectivity index (χ2n) is 6.76. The van der Waals surface area contributed by atoms with Crippen LogP contribution in [0.15, 0.2) is 34.4 Å². The van der Waals surface area contributed by atoms with Gasteiger partial charge in [0.05, 0.1) is 12.7 Å². The van der Waals surface area contributed by atoms with Crippen LogP contribution >= 0.6 is 22.9 Å². The number of aryl methyl sites for hydroxylation is 1. The van der Waals surface area contributed by atoms with Gasteiger partial charge in [0.2, 0.25) is 11.2 Å². The molecule has 7 nitrogen and oxygen atoms in total. The number of anilines is 1. The molecule has 4 aromatic rings. The molecular formula is C19H20ClFN6OS. The minimum atomic E-state index is -1.17. The molecule has 0 radical (unpaired) electrons. The van der Waals surface area contributed by atoms with E-state index in [0.29, 0.717) is 30.4 Å². The number of hydrogen-bond donors (Lipinski definition) is 2. The molecule has 0 unspecified atom stereocenters. The third kappa shape index (κ3) is 3.85. The molecule has 0 saturated heterocycles. The lowest BCUT2D eigenvalue weighted by Gasteiger charge is -2.13. The number of alkyl halides is 1. The lowest BCUT2D eigenvalue weighted by Crippen LogP contribution is -2.32. The standard InChI is InChI=1S/C19H20ClFN6OS/c1-10-13(8-14(22)11(2)21)16(18-23-5-6-28-18)27-15(10)17(25-19(20)26-27)24-9-12-4-3-7-29-12/h3-7,11,14H,8-9,22H2,1-2H3,(H,24,25,26)/t11-,14+/m0/s1. The van der Waals surface area contributed by atoms with Crippen molar-refractivity contribution in [1.29, 1.82) is 0 Å². The molecule has 0 saturated carbocycles. The Balaban J connectivity index is 1.88. The van der Waals surface area contributed by atoms with E-state index in [2.05, 4.69) is 20.4 Å². The molecular weight excluding hydrogens is 415 g/mol. The van der Waals surface area contributed by atoms with Crippen molar-refractivity contribution in [1.82, 2.24) is 19.6 Å². The number of hydrogen-bond acceptors (Lipinski definition) is 7. The van der Waals surface area contributed by atoms with Gasteiger partial charge >= 0.3 is 0 Å². The summed E-state index contributed by atoms with van der Waals surface area (Å²) in [7, 11) is 0. The first-order valence-corrected chi connectivity index (χ1v) is 10.3. The minimum absolute atomic E-state index is 0.0729. The molecule has 10 heteroatoms. The Bertz CT molecular complexity index is 1110. The number of aromatic nitrogens is 4. The molecule has 3 N–H and O–H groups in total. The van der Waals surface area contributed by atoms with Crippen molar-refractivity contribution in [3.05, 3.63) is 51.3 Å². The van der Waals surface area contributed by atoms with Crippen LogP contribution in [0.5, 0.6) is 0 Å². The zero-order valence-electron chi connectivity index (χ0n) is 15.9. The molecule has 0 fully saturated rings. The van der Waals surface area contributed by atoms with Crippen LogP contribution in [0.4, 0.5) is 10.2 Å². The SMILES string of the molecule is Cc1c(C[C@@H](N)[C@H](C)F)c(-c2ncco2)n2nc(Cl)nc(NCc3cccs3)c12. The zero-order valence-corrected chi connectivity index (χ0v) is 17.5. The monoisotopic (exact) mass is 434 g/mol. The van der Waals surface area contributed by atoms with Crippen LogP contribution in [0.1, 0.15) is 22.9 Å². The van der Waals surface area contributed by atoms with Gasteiger partial charge in [0.1, 0.15) is 23.6 Å². The summed E-state index contributed by atoms with van der Waals surface area (Å²) in [5, 5.41) is 9.79. The number of thiophene rings is 1. The molecule has 0 aliphatic carbocycles. The van der Waals surface area contributed by atoms with Crippen molar-refractivity contribution in [3.8, 4) is 11.6 Å². The van der Waals surface area contributed by atoms with Crippen molar-refractivity contribution in [2.45, 2.75) is 39.0 Å². The van der Waals surface area contributed by atoms with Crippen LogP contribution in [0.25, 0.3) is 17.1 Å². The van der Waals surface area contributed by atoms with Crippen LogP contribution in [0, 0.1) is 6.92 Å². The van der Waals surface area contributed by atoms with Gasteiger partial charge in [0.25, 0.3) is 0 Å². The predicted molar refractivity (Wildman–Crippen MR) is 112 cm³/mol. The fourth-order valence-electron chi connectivity index (χ4n) is 3.26. The second kappa shape index (κ2) is 8.10. The number of oxazole rings is 1. The summed E-state index contributed by atoms with van der Waals surface area (Å²) in [5.74, 6) is 0.942. The third-order valence-corrected chi connectivity index (χ3v) is 5.84. The summed E-state index contributed by atoms with van der Waals surface area (Å²) < 4.78 is 21.0. The molecule has 0 bridgehead atoms. The Labute approximate surface area is 175 Å². The largest absolute Gasteiger partial charge is 0.443 e. The maximum atomic E-state index is 13.8. The fourth-order valence-corrected chi connectivity index (χ4v) is 4.07. The van der Waals surface area contributed by atoms with Gasteiger partial charge in [-0.1, -0.05) is 6.07 Å². The number of nitrogens with two attached hydrogens (primary N) is 1. The van der Waals surface area contributed by atoms with E-state index in [-0.39, 0.29) is 5.28 Å². The highest BCUT2D eigenvalue weighted by Crippen LogP contribution is 2.35. The number of fused-ring (bicyclic) bond motifs is 1. The van der Waals surface area contributed by atoms with Gasteiger partial charge in [-0.25, -0.2) is 13.9 Å². The van der Waals surface area contributed by atoms with Crippen molar-refractivity contribution in [3.63, 3.8) is 0 Å². The van der Waals surface area contributed by atoms with E-state index in [1.165, 1.54) is 13.2 Å². The average Bonchev–Trinajstić information content (AvgIpc) is 3.42. The van der Waals surface area contributed by atoms with E-state index in [1.54, 1.807) is 22.0 Å². The topological polar surface area (TPSA) is 94.3 Å². The summed E-state index contributed by atoms with van der Waals surface area (Å²) in [4.78, 5) is 9.80. The number of halogens is 2. The van der Waals surface area contributed by atoms with Crippen LogP contribution in [-0.2, 0) is 13.0 Å². The summed E-state index contributed by atoms with van der Waals surface area (Å²) in [6.07, 6.45) is 2.15. The highest BCUT2D eigenvalue weighted by atomic mass is 35.5. The normalized spacial score (nSPS) is 13.7. The summed E-state index contributed by atoms with van der Waals surface area (Å²) in [5.41, 5.74) is 9.05. The van der Waals surface area contributed by atoms with Gasteiger partial charge in [0.15, 0.2) is 5.82 Å². The molecule has 2 atom stereocenters. The van der Waals surface area contributed by atoms with Gasteiger partial charge in [-0.15, -0.1) is 16.4 Å². The van der Waals surface area contributed by atoms with E-state index in [1.807, 2.05) is 24.4 Å². The van der Waals surface area contributed by atoms with Gasteiger partial charge in [-0.05, 0) is 54.4 Å². The van der Waals surface area contributed by atoms with Crippen molar-refractivity contribution in [2.24, 2.45) is 5.73 Å². The third-order valence-electron chi connectivity index (χ3n) is 4.80. The van der Waals surface area contributed by atoms with Crippen molar-refractivity contribution in [2.75, 3.05) is 5.32 Å². The number of nitrogens with zero attached hydrogens (tertiary/aromatic N) is 4. The first-order valence-electron chi connectivity index (χ1n) is 9.09. The number of rotatable bonds is 7. The lowest BCUT2D eigenvalue weighted by molar-refractivity contribution is 0.304. The quantitative estimate of drug-likeness (QED) is 0.451. The van der Waals surface area contributed by atoms with Gasteiger partial charge in [-0.2, -0.15) is 4.98 Å². The zero-order chi connectivity index (χ0) is 20.5. The Morgan fingerprint density at radius 3 is 2.93 bits per heavy atom. The van der Waals surface area contributed by atoms with Crippen LogP contribution in [-0.4, -0.2) is 31.8 Å². The number of nitrogens with one attached hydrogen (secondary N) is 1. The second-order valence-corrected chi connectivity index (χ2v) is 8.13. The van der Waals surface area contributed by atoms with Crippen molar-refractivity contribution >= 4 is 34.3 Å². The first-order chi connectivity index (χ1) is 14.0. The molecule has 0 aliphatic heterocycles. The first kappa shape index (κ1) is 19.8. The molecule has 0 spiro atoms. The van der Waals surface area contributed by atoms with Crippen LogP contribution < -0.4 is 11.1 Å². The molecule has 152 valence electrons. The van der Waals surface area contributed by atoms with Crippen LogP contribution in [0.2, 0.25) is 5.28 Å². The fraction of sp³-hybridized carbons (Fsp3) is 0.316. The molecule has 0 amide bonds. The molecule has 0 aliphatic rings. The van der Waals surface area contributed by atoms with E-state index < -0.39 is 12.2 Å². The van der Waals surface area contributed by atoms with Crippen molar-refractivity contribution < 1.29 is 8.81 Å². The Morgan fingerprint density at radius 2 is 2.28 bits per heavy atom. The summed E-state index contributed by atoms with van der Waals surface area (Å²) in [6, 6.07) is 3.35. The maximum Gasteiger partial charge on any atom is 0.245 e. The smallest absolute Gasteiger partial charge is 0.245 e. The Kier molecular flexibility index (Phi) is 5.53. The molecule has 29 heavy (non-hydrogen) atoms. The van der Waals surface area contributed by atoms with E-state index in [0.717, 1.165) is 21.5 Å². The Morgan fingerprint density at radius 1 is 1.45 bits per heavy atom. The van der Waals surface area contributed by atoms with E-state index in [4.69, 9.17) is 21.8 Å².